The molecule has 2 saturated heterocycles. The minimum absolute atomic E-state index is 0.0971. The molecule has 42 heavy (non-hydrogen) atoms. The van der Waals surface area contributed by atoms with Gasteiger partial charge in [0, 0.05) is 19.2 Å². The van der Waals surface area contributed by atoms with E-state index in [1.165, 1.54) is 16.3 Å². The molecule has 0 aliphatic carbocycles. The Kier molecular flexibility index (Phi) is 9.25. The SMILES string of the molecule is CO[C@@H]1CO[C@H]2[C@@H]1OC[C@H]2Oc1ccc(-c2ncc(NCCCc3ccccc3)c(=O)n2CC(=O)OC(C)(C)C)cc1. The molecule has 224 valence electrons. The highest BCUT2D eigenvalue weighted by Crippen LogP contribution is 2.31. The van der Waals surface area contributed by atoms with Crippen LogP contribution in [0.3, 0.4) is 0 Å². The zero-order valence-corrected chi connectivity index (χ0v) is 24.6. The van der Waals surface area contributed by atoms with Crippen LogP contribution in [0.15, 0.2) is 65.6 Å². The number of nitrogens with zero attached hydrogens (tertiary/aromatic N) is 2. The molecule has 2 aliphatic heterocycles. The van der Waals surface area contributed by atoms with E-state index >= 15 is 0 Å². The summed E-state index contributed by atoms with van der Waals surface area (Å²) in [7, 11) is 1.65. The first-order valence-corrected chi connectivity index (χ1v) is 14.3. The number of hydrogen-bond acceptors (Lipinski definition) is 9. The Bertz CT molecular complexity index is 1400. The summed E-state index contributed by atoms with van der Waals surface area (Å²) in [5.74, 6) is 0.476. The van der Waals surface area contributed by atoms with E-state index in [1.807, 2.05) is 42.5 Å². The van der Waals surface area contributed by atoms with Gasteiger partial charge in [0.2, 0.25) is 0 Å². The molecule has 3 heterocycles. The highest BCUT2D eigenvalue weighted by molar-refractivity contribution is 5.71. The second-order valence-electron chi connectivity index (χ2n) is 11.5. The van der Waals surface area contributed by atoms with Crippen LogP contribution in [-0.4, -0.2) is 72.4 Å². The lowest BCUT2D eigenvalue weighted by Gasteiger charge is -2.21. The number of fused-ring (bicyclic) bond motifs is 1. The normalized spacial score (nSPS) is 21.6. The van der Waals surface area contributed by atoms with Gasteiger partial charge in [-0.25, -0.2) is 4.98 Å². The van der Waals surface area contributed by atoms with Crippen molar-refractivity contribution in [1.29, 1.82) is 0 Å². The van der Waals surface area contributed by atoms with Crippen molar-refractivity contribution in [1.82, 2.24) is 9.55 Å². The minimum Gasteiger partial charge on any atom is -0.485 e. The molecule has 3 aromatic rings. The lowest BCUT2D eigenvalue weighted by atomic mass is 10.1. The summed E-state index contributed by atoms with van der Waals surface area (Å²) in [6.45, 7) is 6.58. The maximum absolute atomic E-state index is 13.6. The van der Waals surface area contributed by atoms with Crippen LogP contribution in [0.5, 0.6) is 5.75 Å². The summed E-state index contributed by atoms with van der Waals surface area (Å²) in [6, 6.07) is 17.4. The first kappa shape index (κ1) is 29.8. The van der Waals surface area contributed by atoms with E-state index in [4.69, 9.17) is 23.7 Å². The number of aryl methyl sites for hydroxylation is 1. The van der Waals surface area contributed by atoms with Gasteiger partial charge in [-0.15, -0.1) is 0 Å². The van der Waals surface area contributed by atoms with Gasteiger partial charge in [-0.3, -0.25) is 14.2 Å². The van der Waals surface area contributed by atoms with E-state index in [2.05, 4.69) is 22.4 Å². The molecule has 2 fully saturated rings. The van der Waals surface area contributed by atoms with Crippen LogP contribution >= 0.6 is 0 Å². The van der Waals surface area contributed by atoms with Gasteiger partial charge in [0.25, 0.3) is 5.56 Å². The number of hydrogen-bond donors (Lipinski definition) is 1. The van der Waals surface area contributed by atoms with E-state index < -0.39 is 11.6 Å². The summed E-state index contributed by atoms with van der Waals surface area (Å²) in [4.78, 5) is 31.0. The molecule has 0 radical (unpaired) electrons. The van der Waals surface area contributed by atoms with Crippen molar-refractivity contribution >= 4 is 11.7 Å². The van der Waals surface area contributed by atoms with E-state index in [0.29, 0.717) is 42.6 Å². The zero-order valence-electron chi connectivity index (χ0n) is 24.6. The summed E-state index contributed by atoms with van der Waals surface area (Å²) < 4.78 is 30.2. The number of ether oxygens (including phenoxy) is 5. The average molecular weight is 578 g/mol. The second-order valence-corrected chi connectivity index (χ2v) is 11.5. The fourth-order valence-electron chi connectivity index (χ4n) is 5.24. The third-order valence-corrected chi connectivity index (χ3v) is 7.22. The number of esters is 1. The number of methoxy groups -OCH3 is 1. The summed E-state index contributed by atoms with van der Waals surface area (Å²) >= 11 is 0. The van der Waals surface area contributed by atoms with Crippen molar-refractivity contribution in [3.05, 3.63) is 76.7 Å². The third kappa shape index (κ3) is 7.18. The van der Waals surface area contributed by atoms with Gasteiger partial charge >= 0.3 is 5.97 Å². The maximum atomic E-state index is 13.6. The van der Waals surface area contributed by atoms with Crippen molar-refractivity contribution in [2.45, 2.75) is 70.2 Å². The standard InChI is InChI=1S/C32H39N3O7/c1-32(2,3)42-27(36)18-35-30(34-17-24(31(35)37)33-16-8-11-21-9-6-5-7-10-21)22-12-14-23(15-13-22)41-26-20-40-28-25(38-4)19-39-29(26)28/h5-7,9-10,12-15,17,25-26,28-29,33H,8,11,16,18-20H2,1-4H3/t25-,26-,28-,29-/m1/s1. The van der Waals surface area contributed by atoms with Gasteiger partial charge in [-0.1, -0.05) is 30.3 Å². The average Bonchev–Trinajstić information content (AvgIpc) is 3.56. The van der Waals surface area contributed by atoms with Crippen LogP contribution in [0, 0.1) is 0 Å². The topological polar surface area (TPSA) is 110 Å². The number of nitrogens with one attached hydrogen (secondary N) is 1. The van der Waals surface area contributed by atoms with Crippen molar-refractivity contribution in [3.8, 4) is 17.1 Å². The predicted octanol–water partition coefficient (Wildman–Crippen LogP) is 3.86. The second kappa shape index (κ2) is 13.1. The Balaban J connectivity index is 1.31. The molecule has 0 spiro atoms. The lowest BCUT2D eigenvalue weighted by molar-refractivity contribution is -0.155. The molecule has 2 aliphatic rings. The minimum atomic E-state index is -0.685. The molecular weight excluding hydrogens is 538 g/mol. The van der Waals surface area contributed by atoms with Crippen LogP contribution in [0.25, 0.3) is 11.4 Å². The van der Waals surface area contributed by atoms with E-state index in [9.17, 15) is 9.59 Å². The summed E-state index contributed by atoms with van der Waals surface area (Å²) in [6.07, 6.45) is 2.56. The highest BCUT2D eigenvalue weighted by atomic mass is 16.6. The van der Waals surface area contributed by atoms with Gasteiger partial charge in [-0.2, -0.15) is 0 Å². The number of aromatic nitrogens is 2. The molecule has 0 unspecified atom stereocenters. The number of rotatable bonds is 11. The van der Waals surface area contributed by atoms with Gasteiger partial charge in [0.1, 0.15) is 47.7 Å². The van der Waals surface area contributed by atoms with Crippen LogP contribution in [-0.2, 0) is 36.7 Å². The predicted molar refractivity (Wildman–Crippen MR) is 158 cm³/mol. The van der Waals surface area contributed by atoms with Gasteiger partial charge < -0.3 is 29.0 Å². The van der Waals surface area contributed by atoms with E-state index in [1.54, 1.807) is 27.9 Å². The van der Waals surface area contributed by atoms with Crippen molar-refractivity contribution in [2.24, 2.45) is 0 Å². The van der Waals surface area contributed by atoms with Crippen molar-refractivity contribution in [3.63, 3.8) is 0 Å². The summed E-state index contributed by atoms with van der Waals surface area (Å²) in [5, 5.41) is 3.20. The molecule has 10 heteroatoms. The smallest absolute Gasteiger partial charge is 0.326 e. The number of benzene rings is 2. The quantitative estimate of drug-likeness (QED) is 0.268. The molecular formula is C32H39N3O7. The number of carbonyl (C=O) groups is 1. The highest BCUT2D eigenvalue weighted by Gasteiger charge is 2.49. The first-order valence-electron chi connectivity index (χ1n) is 14.3. The van der Waals surface area contributed by atoms with Crippen molar-refractivity contribution in [2.75, 3.05) is 32.2 Å². The molecule has 0 amide bonds. The Morgan fingerprint density at radius 2 is 1.71 bits per heavy atom. The Hall–Kier alpha value is -3.73. The maximum Gasteiger partial charge on any atom is 0.326 e. The van der Waals surface area contributed by atoms with Crippen LogP contribution < -0.4 is 15.6 Å². The molecule has 1 N–H and O–H groups in total. The van der Waals surface area contributed by atoms with Crippen LogP contribution in [0.4, 0.5) is 5.69 Å². The monoisotopic (exact) mass is 577 g/mol. The zero-order chi connectivity index (χ0) is 29.7. The molecule has 4 atom stereocenters. The number of carbonyl (C=O) groups excluding carboxylic acids is 1. The lowest BCUT2D eigenvalue weighted by Crippen LogP contribution is -2.35. The molecule has 2 aromatic carbocycles. The summed E-state index contributed by atoms with van der Waals surface area (Å²) in [5.41, 5.74) is 1.20. The van der Waals surface area contributed by atoms with E-state index in [-0.39, 0.29) is 36.5 Å². The van der Waals surface area contributed by atoms with E-state index in [0.717, 1.165) is 12.8 Å². The molecule has 1 aromatic heterocycles. The Labute approximate surface area is 245 Å². The Morgan fingerprint density at radius 3 is 2.40 bits per heavy atom. The van der Waals surface area contributed by atoms with Crippen LogP contribution in [0.2, 0.25) is 0 Å². The third-order valence-electron chi connectivity index (χ3n) is 7.22. The van der Waals surface area contributed by atoms with Gasteiger partial charge in [0.05, 0.1) is 19.4 Å². The molecule has 0 bridgehead atoms. The molecule has 5 rings (SSSR count). The fourth-order valence-corrected chi connectivity index (χ4v) is 5.24. The largest absolute Gasteiger partial charge is 0.485 e. The fraction of sp³-hybridized carbons (Fsp3) is 0.469. The molecule has 0 saturated carbocycles. The molecule has 10 nitrogen and oxygen atoms in total. The van der Waals surface area contributed by atoms with Crippen LogP contribution in [0.1, 0.15) is 32.8 Å². The van der Waals surface area contributed by atoms with Crippen molar-refractivity contribution < 1.29 is 28.5 Å². The van der Waals surface area contributed by atoms with Gasteiger partial charge in [-0.05, 0) is 63.4 Å². The Morgan fingerprint density at radius 1 is 1.02 bits per heavy atom. The first-order chi connectivity index (χ1) is 20.2. The number of anilines is 1. The van der Waals surface area contributed by atoms with Gasteiger partial charge in [0.15, 0.2) is 6.10 Å².